The molecule has 0 spiro atoms. The minimum absolute atomic E-state index is 0.0361. The second-order valence-electron chi connectivity index (χ2n) is 6.01. The standard InChI is InChI=1S/C17H25NO2/c1-4-17(12-6-7-12)11-15(18-5-2)14-10-13(19-3)8-9-16(14)20-17/h8-10,12,15,18H,4-7,11H2,1-3H3. The second kappa shape index (κ2) is 5.28. The molecule has 2 atom stereocenters. The lowest BCUT2D eigenvalue weighted by Gasteiger charge is -2.42. The third-order valence-electron chi connectivity index (χ3n) is 4.83. The molecule has 2 aliphatic rings. The molecule has 2 unspecified atom stereocenters. The first-order valence-electron chi connectivity index (χ1n) is 7.82. The summed E-state index contributed by atoms with van der Waals surface area (Å²) in [4.78, 5) is 0. The molecule has 1 aromatic rings. The third-order valence-corrected chi connectivity index (χ3v) is 4.83. The van der Waals surface area contributed by atoms with Gasteiger partial charge in [0.1, 0.15) is 17.1 Å². The van der Waals surface area contributed by atoms with Gasteiger partial charge >= 0.3 is 0 Å². The van der Waals surface area contributed by atoms with Gasteiger partial charge < -0.3 is 14.8 Å². The predicted octanol–water partition coefficient (Wildman–Crippen LogP) is 3.69. The van der Waals surface area contributed by atoms with Crippen molar-refractivity contribution < 1.29 is 9.47 Å². The summed E-state index contributed by atoms with van der Waals surface area (Å²) in [5.41, 5.74) is 1.28. The zero-order valence-corrected chi connectivity index (χ0v) is 12.7. The number of fused-ring (bicyclic) bond motifs is 1. The second-order valence-corrected chi connectivity index (χ2v) is 6.01. The normalized spacial score (nSPS) is 28.6. The van der Waals surface area contributed by atoms with Gasteiger partial charge in [0.15, 0.2) is 0 Å². The van der Waals surface area contributed by atoms with Gasteiger partial charge in [-0.05, 0) is 49.9 Å². The van der Waals surface area contributed by atoms with Crippen molar-refractivity contribution >= 4 is 0 Å². The van der Waals surface area contributed by atoms with Crippen LogP contribution >= 0.6 is 0 Å². The number of benzene rings is 1. The molecule has 0 saturated heterocycles. The summed E-state index contributed by atoms with van der Waals surface area (Å²) in [5.74, 6) is 2.69. The van der Waals surface area contributed by atoms with Gasteiger partial charge in [-0.1, -0.05) is 13.8 Å². The molecule has 1 aromatic carbocycles. The van der Waals surface area contributed by atoms with Crippen molar-refractivity contribution in [3.05, 3.63) is 23.8 Å². The molecule has 1 fully saturated rings. The van der Waals surface area contributed by atoms with Gasteiger partial charge in [0.2, 0.25) is 0 Å². The first-order chi connectivity index (χ1) is 9.72. The van der Waals surface area contributed by atoms with Crippen LogP contribution in [-0.4, -0.2) is 19.3 Å². The van der Waals surface area contributed by atoms with Crippen LogP contribution in [0, 0.1) is 5.92 Å². The largest absolute Gasteiger partial charge is 0.497 e. The quantitative estimate of drug-likeness (QED) is 0.889. The Morgan fingerprint density at radius 1 is 1.35 bits per heavy atom. The van der Waals surface area contributed by atoms with Gasteiger partial charge in [-0.25, -0.2) is 0 Å². The van der Waals surface area contributed by atoms with Crippen LogP contribution in [0.3, 0.4) is 0 Å². The molecular formula is C17H25NO2. The van der Waals surface area contributed by atoms with Gasteiger partial charge in [0.25, 0.3) is 0 Å². The maximum absolute atomic E-state index is 6.47. The Balaban J connectivity index is 1.97. The summed E-state index contributed by atoms with van der Waals surface area (Å²) in [6, 6.07) is 6.57. The first-order valence-corrected chi connectivity index (χ1v) is 7.82. The predicted molar refractivity (Wildman–Crippen MR) is 80.4 cm³/mol. The minimum atomic E-state index is 0.0361. The van der Waals surface area contributed by atoms with E-state index in [2.05, 4.69) is 31.3 Å². The summed E-state index contributed by atoms with van der Waals surface area (Å²) in [6.45, 7) is 5.40. The molecule has 1 aliphatic carbocycles. The molecule has 3 heteroatoms. The lowest BCUT2D eigenvalue weighted by Crippen LogP contribution is -2.45. The lowest BCUT2D eigenvalue weighted by molar-refractivity contribution is 0.00582. The van der Waals surface area contributed by atoms with Crippen LogP contribution < -0.4 is 14.8 Å². The van der Waals surface area contributed by atoms with Crippen molar-refractivity contribution in [1.82, 2.24) is 5.32 Å². The smallest absolute Gasteiger partial charge is 0.125 e. The Kier molecular flexibility index (Phi) is 3.63. The molecule has 1 saturated carbocycles. The molecule has 0 aromatic heterocycles. The summed E-state index contributed by atoms with van der Waals surface area (Å²) in [7, 11) is 1.72. The van der Waals surface area contributed by atoms with Crippen LogP contribution in [-0.2, 0) is 0 Å². The van der Waals surface area contributed by atoms with Crippen molar-refractivity contribution in [2.24, 2.45) is 5.92 Å². The highest BCUT2D eigenvalue weighted by Crippen LogP contribution is 2.52. The number of rotatable bonds is 5. The molecule has 1 aliphatic heterocycles. The number of hydrogen-bond acceptors (Lipinski definition) is 3. The van der Waals surface area contributed by atoms with Gasteiger partial charge in [-0.15, -0.1) is 0 Å². The van der Waals surface area contributed by atoms with E-state index in [0.29, 0.717) is 6.04 Å². The van der Waals surface area contributed by atoms with Gasteiger partial charge in [-0.3, -0.25) is 0 Å². The fraction of sp³-hybridized carbons (Fsp3) is 0.647. The van der Waals surface area contributed by atoms with Crippen LogP contribution in [0.5, 0.6) is 11.5 Å². The Bertz CT molecular complexity index is 484. The maximum Gasteiger partial charge on any atom is 0.125 e. The topological polar surface area (TPSA) is 30.5 Å². The van der Waals surface area contributed by atoms with E-state index in [4.69, 9.17) is 9.47 Å². The van der Waals surface area contributed by atoms with Crippen molar-refractivity contribution in [2.45, 2.75) is 51.2 Å². The van der Waals surface area contributed by atoms with E-state index in [-0.39, 0.29) is 5.60 Å². The van der Waals surface area contributed by atoms with Crippen molar-refractivity contribution in [2.75, 3.05) is 13.7 Å². The van der Waals surface area contributed by atoms with Crippen LogP contribution in [0.1, 0.15) is 51.1 Å². The molecule has 1 N–H and O–H groups in total. The third kappa shape index (κ3) is 2.28. The molecule has 0 amide bonds. The number of methoxy groups -OCH3 is 1. The summed E-state index contributed by atoms with van der Waals surface area (Å²) < 4.78 is 11.8. The Morgan fingerprint density at radius 2 is 2.15 bits per heavy atom. The number of hydrogen-bond donors (Lipinski definition) is 1. The van der Waals surface area contributed by atoms with E-state index in [9.17, 15) is 0 Å². The summed E-state index contributed by atoms with van der Waals surface area (Å²) >= 11 is 0. The van der Waals surface area contributed by atoms with E-state index < -0.39 is 0 Å². The van der Waals surface area contributed by atoms with Crippen LogP contribution in [0.15, 0.2) is 18.2 Å². The highest BCUT2D eigenvalue weighted by atomic mass is 16.5. The average Bonchev–Trinajstić information content (AvgIpc) is 3.32. The molecule has 110 valence electrons. The molecule has 20 heavy (non-hydrogen) atoms. The highest BCUT2D eigenvalue weighted by molar-refractivity contribution is 5.44. The Morgan fingerprint density at radius 3 is 2.75 bits per heavy atom. The van der Waals surface area contributed by atoms with E-state index in [1.807, 2.05) is 6.07 Å². The SMILES string of the molecule is CCNC1CC(CC)(C2CC2)Oc2ccc(OC)cc21. The van der Waals surface area contributed by atoms with Crippen molar-refractivity contribution in [3.8, 4) is 11.5 Å². The number of ether oxygens (including phenoxy) is 2. The average molecular weight is 275 g/mol. The molecule has 0 bridgehead atoms. The Labute approximate surface area is 121 Å². The van der Waals surface area contributed by atoms with Crippen LogP contribution in [0.4, 0.5) is 0 Å². The summed E-state index contributed by atoms with van der Waals surface area (Å²) in [6.07, 6.45) is 4.80. The van der Waals surface area contributed by atoms with Gasteiger partial charge in [-0.2, -0.15) is 0 Å². The first kappa shape index (κ1) is 13.7. The zero-order chi connectivity index (χ0) is 14.2. The number of nitrogens with one attached hydrogen (secondary N) is 1. The minimum Gasteiger partial charge on any atom is -0.497 e. The fourth-order valence-corrected chi connectivity index (χ4v) is 3.53. The van der Waals surface area contributed by atoms with E-state index in [0.717, 1.165) is 36.8 Å². The van der Waals surface area contributed by atoms with E-state index in [1.165, 1.54) is 18.4 Å². The van der Waals surface area contributed by atoms with Crippen molar-refractivity contribution in [1.29, 1.82) is 0 Å². The highest BCUT2D eigenvalue weighted by Gasteiger charge is 2.50. The van der Waals surface area contributed by atoms with Crippen molar-refractivity contribution in [3.63, 3.8) is 0 Å². The molecular weight excluding hydrogens is 250 g/mol. The lowest BCUT2D eigenvalue weighted by atomic mass is 9.81. The Hall–Kier alpha value is -1.22. The van der Waals surface area contributed by atoms with Crippen LogP contribution in [0.2, 0.25) is 0 Å². The monoisotopic (exact) mass is 275 g/mol. The zero-order valence-electron chi connectivity index (χ0n) is 12.7. The fourth-order valence-electron chi connectivity index (χ4n) is 3.53. The van der Waals surface area contributed by atoms with Gasteiger partial charge in [0, 0.05) is 18.0 Å². The molecule has 1 heterocycles. The maximum atomic E-state index is 6.47. The van der Waals surface area contributed by atoms with E-state index in [1.54, 1.807) is 7.11 Å². The van der Waals surface area contributed by atoms with E-state index >= 15 is 0 Å². The van der Waals surface area contributed by atoms with Crippen LogP contribution in [0.25, 0.3) is 0 Å². The molecule has 0 radical (unpaired) electrons. The summed E-state index contributed by atoms with van der Waals surface area (Å²) in [5, 5.41) is 3.63. The van der Waals surface area contributed by atoms with Gasteiger partial charge in [0.05, 0.1) is 7.11 Å². The molecule has 3 rings (SSSR count). The molecule has 3 nitrogen and oxygen atoms in total.